The molecule has 1 aromatic heterocycles. The molecule has 1 amide bonds. The van der Waals surface area contributed by atoms with Crippen molar-refractivity contribution in [3.63, 3.8) is 0 Å². The summed E-state index contributed by atoms with van der Waals surface area (Å²) >= 11 is 1.84. The van der Waals surface area contributed by atoms with Gasteiger partial charge in [0.1, 0.15) is 23.6 Å². The monoisotopic (exact) mass is 555 g/mol. The highest BCUT2D eigenvalue weighted by Crippen LogP contribution is 2.28. The molecule has 2 heterocycles. The van der Waals surface area contributed by atoms with Crippen molar-refractivity contribution in [1.29, 1.82) is 0 Å². The maximum atomic E-state index is 12.5. The molecule has 40 heavy (non-hydrogen) atoms. The first-order chi connectivity index (χ1) is 19.7. The standard InChI is InChI=1S/C31H33N5O3S/c37-30(8-4-20-40-21-5-15-36-16-18-38-19-17-36)34-25-11-14-29-28(22-25)31(33-23-32-29)35-24-9-12-27(13-10-24)39-26-6-2-1-3-7-26/h1-4,6-14,22-23H,5,15-21H2,(H,34,37)(H,32,33,35)/b8-4+. The molecule has 8 nitrogen and oxygen atoms in total. The van der Waals surface area contributed by atoms with Crippen LogP contribution in [0.5, 0.6) is 11.5 Å². The molecular weight excluding hydrogens is 522 g/mol. The maximum Gasteiger partial charge on any atom is 0.248 e. The van der Waals surface area contributed by atoms with Crippen LogP contribution in [0.3, 0.4) is 0 Å². The molecule has 0 aliphatic carbocycles. The van der Waals surface area contributed by atoms with Crippen LogP contribution in [0.2, 0.25) is 0 Å². The molecule has 206 valence electrons. The van der Waals surface area contributed by atoms with Gasteiger partial charge in [0, 0.05) is 41.7 Å². The fourth-order valence-electron chi connectivity index (χ4n) is 4.31. The average Bonchev–Trinajstić information content (AvgIpc) is 2.99. The first-order valence-electron chi connectivity index (χ1n) is 13.4. The van der Waals surface area contributed by atoms with Crippen molar-refractivity contribution in [2.75, 3.05) is 55.0 Å². The summed E-state index contributed by atoms with van der Waals surface area (Å²) in [6.07, 6.45) is 6.18. The van der Waals surface area contributed by atoms with Gasteiger partial charge in [0.2, 0.25) is 5.91 Å². The number of benzene rings is 3. The summed E-state index contributed by atoms with van der Waals surface area (Å²) in [5.74, 6) is 3.91. The number of fused-ring (bicyclic) bond motifs is 1. The van der Waals surface area contributed by atoms with E-state index in [-0.39, 0.29) is 5.91 Å². The van der Waals surface area contributed by atoms with Crippen molar-refractivity contribution in [1.82, 2.24) is 14.9 Å². The minimum atomic E-state index is -0.159. The van der Waals surface area contributed by atoms with Gasteiger partial charge in [0.05, 0.1) is 18.7 Å². The number of amides is 1. The number of hydrogen-bond donors (Lipinski definition) is 2. The second-order valence-corrected chi connectivity index (χ2v) is 10.4. The number of morpholine rings is 1. The second kappa shape index (κ2) is 14.5. The predicted octanol–water partition coefficient (Wildman–Crippen LogP) is 6.12. The number of anilines is 3. The van der Waals surface area contributed by atoms with E-state index in [1.165, 1.54) is 6.33 Å². The van der Waals surface area contributed by atoms with Crippen LogP contribution in [0.1, 0.15) is 6.42 Å². The number of para-hydroxylation sites is 1. The third-order valence-electron chi connectivity index (χ3n) is 6.35. The molecule has 9 heteroatoms. The normalized spacial score (nSPS) is 13.9. The van der Waals surface area contributed by atoms with Crippen LogP contribution in [0, 0.1) is 0 Å². The molecule has 0 spiro atoms. The van der Waals surface area contributed by atoms with Crippen LogP contribution in [0.4, 0.5) is 17.2 Å². The highest BCUT2D eigenvalue weighted by Gasteiger charge is 2.09. The number of thioether (sulfide) groups is 1. The van der Waals surface area contributed by atoms with E-state index < -0.39 is 0 Å². The van der Waals surface area contributed by atoms with Crippen molar-refractivity contribution in [2.45, 2.75) is 6.42 Å². The van der Waals surface area contributed by atoms with E-state index in [1.807, 2.05) is 90.6 Å². The van der Waals surface area contributed by atoms with Crippen LogP contribution in [-0.2, 0) is 9.53 Å². The largest absolute Gasteiger partial charge is 0.457 e. The quantitative estimate of drug-likeness (QED) is 0.160. The van der Waals surface area contributed by atoms with E-state index in [0.29, 0.717) is 11.5 Å². The summed E-state index contributed by atoms with van der Waals surface area (Å²) < 4.78 is 11.3. The summed E-state index contributed by atoms with van der Waals surface area (Å²) in [6.45, 7) is 4.84. The second-order valence-electron chi connectivity index (χ2n) is 9.29. The Hall–Kier alpha value is -3.92. The number of nitrogens with one attached hydrogen (secondary N) is 2. The predicted molar refractivity (Wildman–Crippen MR) is 163 cm³/mol. The fourth-order valence-corrected chi connectivity index (χ4v) is 5.04. The topological polar surface area (TPSA) is 88.6 Å². The third-order valence-corrected chi connectivity index (χ3v) is 7.35. The van der Waals surface area contributed by atoms with E-state index in [4.69, 9.17) is 9.47 Å². The van der Waals surface area contributed by atoms with Crippen LogP contribution in [-0.4, -0.2) is 65.1 Å². The average molecular weight is 556 g/mol. The number of nitrogens with zero attached hydrogens (tertiary/aromatic N) is 3. The van der Waals surface area contributed by atoms with E-state index in [0.717, 1.165) is 78.9 Å². The van der Waals surface area contributed by atoms with Gasteiger partial charge in [-0.05, 0) is 73.3 Å². The van der Waals surface area contributed by atoms with Gasteiger partial charge in [-0.15, -0.1) is 0 Å². The molecule has 1 aliphatic rings. The summed E-state index contributed by atoms with van der Waals surface area (Å²) in [5.41, 5.74) is 2.33. The SMILES string of the molecule is O=C(/C=C/CSCCCN1CCOCC1)Nc1ccc2ncnc(Nc3ccc(Oc4ccccc4)cc3)c2c1. The van der Waals surface area contributed by atoms with Gasteiger partial charge in [-0.2, -0.15) is 11.8 Å². The number of ether oxygens (including phenoxy) is 2. The molecule has 5 rings (SSSR count). The number of rotatable bonds is 12. The first-order valence-corrected chi connectivity index (χ1v) is 14.6. The smallest absolute Gasteiger partial charge is 0.248 e. The zero-order valence-electron chi connectivity index (χ0n) is 22.3. The van der Waals surface area contributed by atoms with Crippen molar-refractivity contribution in [3.05, 3.63) is 91.3 Å². The van der Waals surface area contributed by atoms with Gasteiger partial charge < -0.3 is 20.1 Å². The molecule has 0 radical (unpaired) electrons. The molecule has 1 saturated heterocycles. The Labute approximate surface area is 238 Å². The lowest BCUT2D eigenvalue weighted by Gasteiger charge is -2.26. The molecule has 2 N–H and O–H groups in total. The zero-order valence-corrected chi connectivity index (χ0v) is 23.1. The molecule has 0 saturated carbocycles. The molecule has 0 bridgehead atoms. The van der Waals surface area contributed by atoms with Gasteiger partial charge in [-0.25, -0.2) is 9.97 Å². The Morgan fingerprint density at radius 2 is 1.75 bits per heavy atom. The summed E-state index contributed by atoms with van der Waals surface area (Å²) in [5, 5.41) is 7.11. The molecule has 1 aliphatic heterocycles. The zero-order chi connectivity index (χ0) is 27.4. The van der Waals surface area contributed by atoms with Gasteiger partial charge >= 0.3 is 0 Å². The number of aromatic nitrogens is 2. The Bertz CT molecular complexity index is 1410. The lowest BCUT2D eigenvalue weighted by atomic mass is 10.2. The Kier molecular flexibility index (Phi) is 9.99. The summed E-state index contributed by atoms with van der Waals surface area (Å²) in [6, 6.07) is 22.9. The number of hydrogen-bond acceptors (Lipinski definition) is 8. The number of carbonyl (C=O) groups excluding carboxylic acids is 1. The lowest BCUT2D eigenvalue weighted by Crippen LogP contribution is -2.36. The molecule has 3 aromatic carbocycles. The Morgan fingerprint density at radius 1 is 0.975 bits per heavy atom. The molecule has 0 atom stereocenters. The highest BCUT2D eigenvalue weighted by atomic mass is 32.2. The molecule has 4 aromatic rings. The molecule has 1 fully saturated rings. The fraction of sp³-hybridized carbons (Fsp3) is 0.258. The van der Waals surface area contributed by atoms with E-state index in [1.54, 1.807) is 6.08 Å². The third kappa shape index (κ3) is 8.29. The van der Waals surface area contributed by atoms with Crippen LogP contribution in [0.15, 0.2) is 91.3 Å². The molecular formula is C31H33N5O3S. The van der Waals surface area contributed by atoms with Crippen LogP contribution < -0.4 is 15.4 Å². The van der Waals surface area contributed by atoms with Crippen LogP contribution in [0.25, 0.3) is 10.9 Å². The minimum Gasteiger partial charge on any atom is -0.457 e. The van der Waals surface area contributed by atoms with E-state index >= 15 is 0 Å². The van der Waals surface area contributed by atoms with Crippen molar-refractivity contribution < 1.29 is 14.3 Å². The van der Waals surface area contributed by atoms with Crippen molar-refractivity contribution in [2.24, 2.45) is 0 Å². The van der Waals surface area contributed by atoms with Gasteiger partial charge in [0.15, 0.2) is 0 Å². The van der Waals surface area contributed by atoms with Crippen molar-refractivity contribution >= 4 is 45.8 Å². The minimum absolute atomic E-state index is 0.159. The Balaban J connectivity index is 1.12. The lowest BCUT2D eigenvalue weighted by molar-refractivity contribution is -0.111. The Morgan fingerprint density at radius 3 is 2.58 bits per heavy atom. The van der Waals surface area contributed by atoms with Crippen LogP contribution >= 0.6 is 11.8 Å². The first kappa shape index (κ1) is 27.6. The van der Waals surface area contributed by atoms with Crippen molar-refractivity contribution in [3.8, 4) is 11.5 Å². The number of carbonyl (C=O) groups is 1. The summed E-state index contributed by atoms with van der Waals surface area (Å²) in [7, 11) is 0. The summed E-state index contributed by atoms with van der Waals surface area (Å²) in [4.78, 5) is 23.7. The maximum absolute atomic E-state index is 12.5. The van der Waals surface area contributed by atoms with Gasteiger partial charge in [0.25, 0.3) is 0 Å². The highest BCUT2D eigenvalue weighted by molar-refractivity contribution is 7.99. The molecule has 0 unspecified atom stereocenters. The van der Waals surface area contributed by atoms with E-state index in [2.05, 4.69) is 25.5 Å². The van der Waals surface area contributed by atoms with E-state index in [9.17, 15) is 4.79 Å². The van der Waals surface area contributed by atoms with Gasteiger partial charge in [-0.3, -0.25) is 9.69 Å². The van der Waals surface area contributed by atoms with Gasteiger partial charge in [-0.1, -0.05) is 24.3 Å².